The molecule has 2 nitrogen and oxygen atoms in total. The molecule has 0 radical (unpaired) electrons. The van der Waals surface area contributed by atoms with E-state index in [0.717, 1.165) is 6.42 Å². The summed E-state index contributed by atoms with van der Waals surface area (Å²) < 4.78 is 5.12. The van der Waals surface area contributed by atoms with Crippen molar-refractivity contribution in [3.63, 3.8) is 0 Å². The predicted molar refractivity (Wildman–Crippen MR) is 69.4 cm³/mol. The van der Waals surface area contributed by atoms with Crippen molar-refractivity contribution in [3.8, 4) is 0 Å². The van der Waals surface area contributed by atoms with Crippen molar-refractivity contribution in [2.45, 2.75) is 50.2 Å². The normalized spacial score (nSPS) is 25.8. The first kappa shape index (κ1) is 13.4. The number of ether oxygens (including phenoxy) is 1. The average molecular weight is 240 g/mol. The first-order chi connectivity index (χ1) is 7.74. The second-order valence-electron chi connectivity index (χ2n) is 3.89. The van der Waals surface area contributed by atoms with E-state index in [1.807, 2.05) is 25.2 Å². The zero-order valence-corrected chi connectivity index (χ0v) is 10.8. The van der Waals surface area contributed by atoms with Crippen LogP contribution in [0, 0.1) is 0 Å². The lowest BCUT2D eigenvalue weighted by Crippen LogP contribution is -2.06. The van der Waals surface area contributed by atoms with Gasteiger partial charge in [0, 0.05) is 0 Å². The molecule has 0 aromatic heterocycles. The number of carbonyl (C=O) groups is 1. The molecule has 0 bridgehead atoms. The van der Waals surface area contributed by atoms with Crippen LogP contribution >= 0.6 is 11.8 Å². The van der Waals surface area contributed by atoms with Gasteiger partial charge in [0.1, 0.15) is 5.25 Å². The molecule has 2 unspecified atom stereocenters. The molecule has 16 heavy (non-hydrogen) atoms. The number of hydrogen-bond acceptors (Lipinski definition) is 3. The van der Waals surface area contributed by atoms with Crippen LogP contribution in [0.1, 0.15) is 39.5 Å². The van der Waals surface area contributed by atoms with Gasteiger partial charge in [-0.25, -0.2) is 0 Å². The van der Waals surface area contributed by atoms with Crippen molar-refractivity contribution in [2.24, 2.45) is 0 Å². The fourth-order valence-electron chi connectivity index (χ4n) is 1.42. The third kappa shape index (κ3) is 4.88. The summed E-state index contributed by atoms with van der Waals surface area (Å²) in [5.74, 6) is -0.105. The molecule has 1 aliphatic rings. The standard InChI is InChI=1S/C13H20O2S/c1-3-4-5-6-7-8-9-10-12-15-13(14)11(2)16-12/h7-12H,3-6H2,1-2H3/b8-7+,10-9+. The predicted octanol–water partition coefficient (Wildman–Crippen LogP) is 3.68. The molecular formula is C13H20O2S. The number of rotatable bonds is 6. The van der Waals surface area contributed by atoms with Crippen molar-refractivity contribution in [1.29, 1.82) is 0 Å². The van der Waals surface area contributed by atoms with Crippen LogP contribution in [0.3, 0.4) is 0 Å². The number of esters is 1. The molecule has 0 spiro atoms. The molecule has 90 valence electrons. The van der Waals surface area contributed by atoms with Gasteiger partial charge in [0.2, 0.25) is 0 Å². The number of unbranched alkanes of at least 4 members (excludes halogenated alkanes) is 3. The van der Waals surface area contributed by atoms with Crippen LogP contribution in [0.25, 0.3) is 0 Å². The van der Waals surface area contributed by atoms with E-state index in [9.17, 15) is 4.79 Å². The lowest BCUT2D eigenvalue weighted by Gasteiger charge is -1.98. The molecule has 1 rings (SSSR count). The highest BCUT2D eigenvalue weighted by molar-refractivity contribution is 8.01. The third-order valence-corrected chi connectivity index (χ3v) is 3.51. The third-order valence-electron chi connectivity index (χ3n) is 2.39. The smallest absolute Gasteiger partial charge is 0.320 e. The van der Waals surface area contributed by atoms with Crippen LogP contribution in [-0.4, -0.2) is 16.7 Å². The van der Waals surface area contributed by atoms with Gasteiger partial charge < -0.3 is 4.74 Å². The highest BCUT2D eigenvalue weighted by Crippen LogP contribution is 2.28. The van der Waals surface area contributed by atoms with Gasteiger partial charge in [-0.05, 0) is 25.8 Å². The van der Waals surface area contributed by atoms with E-state index in [2.05, 4.69) is 13.0 Å². The van der Waals surface area contributed by atoms with Gasteiger partial charge in [0.15, 0.2) is 5.44 Å². The second kappa shape index (κ2) is 7.55. The van der Waals surface area contributed by atoms with Crippen molar-refractivity contribution in [3.05, 3.63) is 24.3 Å². The minimum Gasteiger partial charge on any atom is -0.446 e. The van der Waals surface area contributed by atoms with Crippen molar-refractivity contribution in [2.75, 3.05) is 0 Å². The van der Waals surface area contributed by atoms with Crippen LogP contribution in [0.2, 0.25) is 0 Å². The van der Waals surface area contributed by atoms with Gasteiger partial charge >= 0.3 is 5.97 Å². The zero-order valence-electron chi connectivity index (χ0n) is 10.0. The molecule has 0 aromatic carbocycles. The van der Waals surface area contributed by atoms with Gasteiger partial charge in [0.25, 0.3) is 0 Å². The van der Waals surface area contributed by atoms with Gasteiger partial charge in [-0.2, -0.15) is 0 Å². The topological polar surface area (TPSA) is 26.3 Å². The zero-order chi connectivity index (χ0) is 11.8. The Balaban J connectivity index is 2.15. The first-order valence-electron chi connectivity index (χ1n) is 5.93. The lowest BCUT2D eigenvalue weighted by molar-refractivity contribution is -0.140. The first-order valence-corrected chi connectivity index (χ1v) is 6.87. The summed E-state index contributed by atoms with van der Waals surface area (Å²) in [6, 6.07) is 0. The maximum atomic E-state index is 11.1. The van der Waals surface area contributed by atoms with Gasteiger partial charge in [-0.1, -0.05) is 49.8 Å². The van der Waals surface area contributed by atoms with Crippen molar-refractivity contribution in [1.82, 2.24) is 0 Å². The van der Waals surface area contributed by atoms with Crippen LogP contribution in [-0.2, 0) is 9.53 Å². The molecule has 3 heteroatoms. The molecule has 0 saturated carbocycles. The SMILES string of the molecule is CCCCC/C=C/C=C/C1OC(=O)C(C)S1. The monoisotopic (exact) mass is 240 g/mol. The summed E-state index contributed by atoms with van der Waals surface area (Å²) in [7, 11) is 0. The van der Waals surface area contributed by atoms with E-state index in [0.29, 0.717) is 0 Å². The Morgan fingerprint density at radius 2 is 2.19 bits per heavy atom. The molecule has 0 amide bonds. The Bertz CT molecular complexity index is 271. The Morgan fingerprint density at radius 3 is 2.81 bits per heavy atom. The Hall–Kier alpha value is -0.700. The number of cyclic esters (lactones) is 1. The lowest BCUT2D eigenvalue weighted by atomic mass is 10.2. The molecule has 1 aliphatic heterocycles. The van der Waals surface area contributed by atoms with Crippen LogP contribution in [0.4, 0.5) is 0 Å². The Labute approximate surface area is 102 Å². The van der Waals surface area contributed by atoms with Crippen molar-refractivity contribution >= 4 is 17.7 Å². The second-order valence-corrected chi connectivity index (χ2v) is 5.34. The van der Waals surface area contributed by atoms with E-state index in [1.54, 1.807) is 11.8 Å². The summed E-state index contributed by atoms with van der Waals surface area (Å²) in [5.41, 5.74) is -0.0946. The van der Waals surface area contributed by atoms with Crippen molar-refractivity contribution < 1.29 is 9.53 Å². The fourth-order valence-corrected chi connectivity index (χ4v) is 2.32. The van der Waals surface area contributed by atoms with E-state index in [1.165, 1.54) is 19.3 Å². The highest BCUT2D eigenvalue weighted by Gasteiger charge is 2.29. The van der Waals surface area contributed by atoms with Gasteiger partial charge in [-0.15, -0.1) is 0 Å². The molecule has 0 N–H and O–H groups in total. The fraction of sp³-hybridized carbons (Fsp3) is 0.615. The summed E-state index contributed by atoms with van der Waals surface area (Å²) >= 11 is 1.55. The molecular weight excluding hydrogens is 220 g/mol. The maximum absolute atomic E-state index is 11.1. The van der Waals surface area contributed by atoms with Crippen LogP contribution in [0.5, 0.6) is 0 Å². The molecule has 1 fully saturated rings. The molecule has 1 heterocycles. The summed E-state index contributed by atoms with van der Waals surface area (Å²) in [6.07, 6.45) is 13.0. The molecule has 0 aromatic rings. The average Bonchev–Trinajstić information content (AvgIpc) is 2.57. The molecule has 0 aliphatic carbocycles. The number of hydrogen-bond donors (Lipinski definition) is 0. The number of carbonyl (C=O) groups excluding carboxylic acids is 1. The van der Waals surface area contributed by atoms with Gasteiger partial charge in [0.05, 0.1) is 0 Å². The molecule has 2 atom stereocenters. The Morgan fingerprint density at radius 1 is 1.38 bits per heavy atom. The van der Waals surface area contributed by atoms with E-state index in [-0.39, 0.29) is 16.7 Å². The summed E-state index contributed by atoms with van der Waals surface area (Å²) in [5, 5.41) is -0.0248. The maximum Gasteiger partial charge on any atom is 0.320 e. The van der Waals surface area contributed by atoms with E-state index < -0.39 is 0 Å². The highest BCUT2D eigenvalue weighted by atomic mass is 32.2. The largest absolute Gasteiger partial charge is 0.446 e. The van der Waals surface area contributed by atoms with E-state index in [4.69, 9.17) is 4.74 Å². The van der Waals surface area contributed by atoms with Crippen LogP contribution < -0.4 is 0 Å². The summed E-state index contributed by atoms with van der Waals surface area (Å²) in [4.78, 5) is 11.1. The van der Waals surface area contributed by atoms with E-state index >= 15 is 0 Å². The number of allylic oxidation sites excluding steroid dienone is 3. The Kier molecular flexibility index (Phi) is 6.31. The molecule has 1 saturated heterocycles. The number of thioether (sulfide) groups is 1. The van der Waals surface area contributed by atoms with Gasteiger partial charge in [-0.3, -0.25) is 4.79 Å². The minimum absolute atomic E-state index is 0.0248. The quantitative estimate of drug-likeness (QED) is 0.402. The minimum atomic E-state index is -0.105. The van der Waals surface area contributed by atoms with Crippen LogP contribution in [0.15, 0.2) is 24.3 Å². The summed E-state index contributed by atoms with van der Waals surface area (Å²) in [6.45, 7) is 4.08.